The second kappa shape index (κ2) is 7.47. The number of nitrogens with two attached hydrogens (primary N) is 1. The van der Waals surface area contributed by atoms with E-state index in [1.807, 2.05) is 48.5 Å². The zero-order valence-corrected chi connectivity index (χ0v) is 13.8. The number of hydrogen-bond acceptors (Lipinski definition) is 2. The van der Waals surface area contributed by atoms with Crippen molar-refractivity contribution < 1.29 is 9.13 Å². The van der Waals surface area contributed by atoms with Crippen LogP contribution in [-0.2, 0) is 13.2 Å². The minimum Gasteiger partial charge on any atom is -0.489 e. The fraction of sp³-hybridized carbons (Fsp3) is 0.100. The molecule has 0 saturated carbocycles. The number of benzene rings is 3. The van der Waals surface area contributed by atoms with Gasteiger partial charge in [0.1, 0.15) is 18.2 Å². The first-order chi connectivity index (χ1) is 11.7. The van der Waals surface area contributed by atoms with Gasteiger partial charge >= 0.3 is 0 Å². The third-order valence-electron chi connectivity index (χ3n) is 3.78. The lowest BCUT2D eigenvalue weighted by atomic mass is 10.0. The lowest BCUT2D eigenvalue weighted by Gasteiger charge is -2.13. The monoisotopic (exact) mass is 341 g/mol. The number of ether oxygens (including phenoxy) is 1. The molecule has 0 fully saturated rings. The lowest BCUT2D eigenvalue weighted by molar-refractivity contribution is 0.303. The molecule has 0 heterocycles. The van der Waals surface area contributed by atoms with Crippen LogP contribution in [0.5, 0.6) is 5.75 Å². The molecule has 122 valence electrons. The third kappa shape index (κ3) is 3.58. The Morgan fingerprint density at radius 1 is 0.958 bits per heavy atom. The number of halogens is 2. The molecule has 0 bridgehead atoms. The van der Waals surface area contributed by atoms with E-state index in [9.17, 15) is 4.39 Å². The highest BCUT2D eigenvalue weighted by atomic mass is 35.5. The maximum atomic E-state index is 14.2. The molecule has 0 atom stereocenters. The quantitative estimate of drug-likeness (QED) is 0.693. The molecule has 3 rings (SSSR count). The van der Waals surface area contributed by atoms with Crippen molar-refractivity contribution in [1.29, 1.82) is 0 Å². The molecule has 0 amide bonds. The zero-order valence-electron chi connectivity index (χ0n) is 13.0. The van der Waals surface area contributed by atoms with Crippen LogP contribution in [0.3, 0.4) is 0 Å². The summed E-state index contributed by atoms with van der Waals surface area (Å²) in [7, 11) is 0. The summed E-state index contributed by atoms with van der Waals surface area (Å²) in [6.45, 7) is 0.763. The van der Waals surface area contributed by atoms with Crippen molar-refractivity contribution in [3.05, 3.63) is 88.7 Å². The average Bonchev–Trinajstić information content (AvgIpc) is 2.63. The van der Waals surface area contributed by atoms with Gasteiger partial charge in [-0.25, -0.2) is 4.39 Å². The summed E-state index contributed by atoms with van der Waals surface area (Å²) in [5.74, 6) is 0.271. The zero-order chi connectivity index (χ0) is 16.9. The average molecular weight is 342 g/mol. The van der Waals surface area contributed by atoms with Gasteiger partial charge in [-0.1, -0.05) is 60.1 Å². The van der Waals surface area contributed by atoms with Gasteiger partial charge in [0.15, 0.2) is 0 Å². The minimum atomic E-state index is -0.430. The molecule has 2 nitrogen and oxygen atoms in total. The highest BCUT2D eigenvalue weighted by molar-refractivity contribution is 6.31. The highest BCUT2D eigenvalue weighted by Gasteiger charge is 2.11. The summed E-state index contributed by atoms with van der Waals surface area (Å²) >= 11 is 5.86. The van der Waals surface area contributed by atoms with Crippen molar-refractivity contribution in [2.24, 2.45) is 5.73 Å². The molecule has 0 saturated heterocycles. The Morgan fingerprint density at radius 3 is 2.50 bits per heavy atom. The van der Waals surface area contributed by atoms with Gasteiger partial charge in [0, 0.05) is 17.7 Å². The van der Waals surface area contributed by atoms with Crippen LogP contribution in [0.2, 0.25) is 5.02 Å². The van der Waals surface area contributed by atoms with E-state index < -0.39 is 5.82 Å². The van der Waals surface area contributed by atoms with Crippen LogP contribution in [-0.4, -0.2) is 0 Å². The van der Waals surface area contributed by atoms with Gasteiger partial charge in [0.05, 0.1) is 5.02 Å². The first-order valence-corrected chi connectivity index (χ1v) is 8.01. The van der Waals surface area contributed by atoms with Crippen molar-refractivity contribution in [1.82, 2.24) is 0 Å². The maximum Gasteiger partial charge on any atom is 0.149 e. The number of rotatable bonds is 5. The Kier molecular flexibility index (Phi) is 5.14. The van der Waals surface area contributed by atoms with Crippen LogP contribution in [0, 0.1) is 5.82 Å². The summed E-state index contributed by atoms with van der Waals surface area (Å²) in [5.41, 5.74) is 8.91. The van der Waals surface area contributed by atoms with Gasteiger partial charge in [0.2, 0.25) is 0 Å². The maximum absolute atomic E-state index is 14.2. The summed E-state index contributed by atoms with van der Waals surface area (Å²) in [5, 5.41) is 0.103. The first kappa shape index (κ1) is 16.5. The van der Waals surface area contributed by atoms with Crippen LogP contribution in [0.25, 0.3) is 11.1 Å². The fourth-order valence-corrected chi connectivity index (χ4v) is 2.68. The van der Waals surface area contributed by atoms with Gasteiger partial charge in [-0.05, 0) is 29.3 Å². The minimum absolute atomic E-state index is 0.103. The molecule has 24 heavy (non-hydrogen) atoms. The van der Waals surface area contributed by atoms with Crippen LogP contribution < -0.4 is 10.5 Å². The van der Waals surface area contributed by atoms with E-state index in [0.29, 0.717) is 24.5 Å². The first-order valence-electron chi connectivity index (χ1n) is 7.63. The predicted octanol–water partition coefficient (Wildman–Crippen LogP) is 5.18. The molecule has 0 spiro atoms. The molecule has 0 unspecified atom stereocenters. The van der Waals surface area contributed by atoms with E-state index in [4.69, 9.17) is 22.1 Å². The Bertz CT molecular complexity index is 836. The van der Waals surface area contributed by atoms with Crippen molar-refractivity contribution in [2.75, 3.05) is 0 Å². The van der Waals surface area contributed by atoms with Crippen LogP contribution in [0.15, 0.2) is 66.7 Å². The van der Waals surface area contributed by atoms with Gasteiger partial charge in [-0.15, -0.1) is 0 Å². The molecule has 4 heteroatoms. The molecule has 0 radical (unpaired) electrons. The van der Waals surface area contributed by atoms with Gasteiger partial charge < -0.3 is 10.5 Å². The van der Waals surface area contributed by atoms with Crippen LogP contribution >= 0.6 is 11.6 Å². The summed E-state index contributed by atoms with van der Waals surface area (Å²) < 4.78 is 20.1. The molecule has 3 aromatic rings. The Balaban J connectivity index is 1.87. The molecule has 0 aliphatic heterocycles. The molecular weight excluding hydrogens is 325 g/mol. The second-order valence-corrected chi connectivity index (χ2v) is 5.81. The van der Waals surface area contributed by atoms with Gasteiger partial charge in [0.25, 0.3) is 0 Å². The van der Waals surface area contributed by atoms with Gasteiger partial charge in [-0.2, -0.15) is 0 Å². The molecular formula is C20H17ClFNO. The van der Waals surface area contributed by atoms with E-state index in [1.54, 1.807) is 12.1 Å². The second-order valence-electron chi connectivity index (χ2n) is 5.40. The van der Waals surface area contributed by atoms with E-state index in [-0.39, 0.29) is 5.02 Å². The van der Waals surface area contributed by atoms with Crippen molar-refractivity contribution in [3.8, 4) is 16.9 Å². The SMILES string of the molecule is NCc1cc(-c2cccc(Cl)c2F)ccc1OCc1ccccc1. The summed E-state index contributed by atoms with van der Waals surface area (Å²) in [6, 6.07) is 20.3. The molecule has 0 aliphatic carbocycles. The van der Waals surface area contributed by atoms with E-state index >= 15 is 0 Å². The standard InChI is InChI=1S/C20H17ClFNO/c21-18-8-4-7-17(20(18)22)15-9-10-19(16(11-15)12-23)24-13-14-5-2-1-3-6-14/h1-11H,12-13,23H2. The van der Waals surface area contributed by atoms with E-state index in [2.05, 4.69) is 0 Å². The molecule has 0 aromatic heterocycles. The van der Waals surface area contributed by atoms with E-state index in [1.165, 1.54) is 6.07 Å². The Morgan fingerprint density at radius 2 is 1.75 bits per heavy atom. The third-order valence-corrected chi connectivity index (χ3v) is 4.07. The van der Waals surface area contributed by atoms with Crippen LogP contribution in [0.4, 0.5) is 4.39 Å². The van der Waals surface area contributed by atoms with Gasteiger partial charge in [-0.3, -0.25) is 0 Å². The summed E-state index contributed by atoms with van der Waals surface area (Å²) in [4.78, 5) is 0. The van der Waals surface area contributed by atoms with Crippen molar-refractivity contribution in [2.45, 2.75) is 13.2 Å². The largest absolute Gasteiger partial charge is 0.489 e. The predicted molar refractivity (Wildman–Crippen MR) is 95.5 cm³/mol. The molecule has 3 aromatic carbocycles. The molecule has 0 aliphatic rings. The summed E-state index contributed by atoms with van der Waals surface area (Å²) in [6.07, 6.45) is 0. The smallest absolute Gasteiger partial charge is 0.149 e. The number of hydrogen-bond donors (Lipinski definition) is 1. The Labute approximate surface area is 145 Å². The normalized spacial score (nSPS) is 10.6. The highest BCUT2D eigenvalue weighted by Crippen LogP contribution is 2.31. The lowest BCUT2D eigenvalue weighted by Crippen LogP contribution is -2.03. The Hall–Kier alpha value is -2.36. The van der Waals surface area contributed by atoms with Crippen molar-refractivity contribution in [3.63, 3.8) is 0 Å². The van der Waals surface area contributed by atoms with E-state index in [0.717, 1.165) is 16.7 Å². The fourth-order valence-electron chi connectivity index (χ4n) is 2.51. The van der Waals surface area contributed by atoms with Crippen molar-refractivity contribution >= 4 is 11.6 Å². The molecule has 2 N–H and O–H groups in total. The topological polar surface area (TPSA) is 35.2 Å². The van der Waals surface area contributed by atoms with Crippen LogP contribution in [0.1, 0.15) is 11.1 Å².